The third kappa shape index (κ3) is 2.49. The van der Waals surface area contributed by atoms with Crippen LogP contribution in [0.1, 0.15) is 18.5 Å². The lowest BCUT2D eigenvalue weighted by molar-refractivity contribution is 0.0985. The van der Waals surface area contributed by atoms with E-state index in [2.05, 4.69) is 26.2 Å². The Morgan fingerprint density at radius 2 is 2.33 bits per heavy atom. The van der Waals surface area contributed by atoms with E-state index >= 15 is 0 Å². The van der Waals surface area contributed by atoms with E-state index in [1.807, 2.05) is 19.3 Å². The third-order valence-corrected chi connectivity index (χ3v) is 4.16. The van der Waals surface area contributed by atoms with Crippen LogP contribution in [0.15, 0.2) is 18.3 Å². The van der Waals surface area contributed by atoms with Gasteiger partial charge in [-0.3, -0.25) is 14.8 Å². The Morgan fingerprint density at radius 3 is 3.22 bits per heavy atom. The maximum absolute atomic E-state index is 4.47. The Morgan fingerprint density at radius 1 is 1.39 bits per heavy atom. The second-order valence-corrected chi connectivity index (χ2v) is 5.35. The number of nitrogens with one attached hydrogen (secondary N) is 1. The van der Waals surface area contributed by atoms with Gasteiger partial charge in [-0.15, -0.1) is 0 Å². The lowest BCUT2D eigenvalue weighted by Gasteiger charge is -2.37. The smallest absolute Gasteiger partial charge is 0.0564 e. The largest absolute Gasteiger partial charge is 0.388 e. The van der Waals surface area contributed by atoms with Gasteiger partial charge in [0, 0.05) is 51.2 Å². The first-order chi connectivity index (χ1) is 8.85. The van der Waals surface area contributed by atoms with Crippen molar-refractivity contribution in [3.05, 3.63) is 24.0 Å². The first-order valence-electron chi connectivity index (χ1n) is 6.94. The molecule has 18 heavy (non-hydrogen) atoms. The van der Waals surface area contributed by atoms with E-state index in [0.29, 0.717) is 0 Å². The highest BCUT2D eigenvalue weighted by atomic mass is 15.3. The van der Waals surface area contributed by atoms with Crippen LogP contribution in [-0.4, -0.2) is 54.1 Å². The van der Waals surface area contributed by atoms with Crippen LogP contribution in [0.25, 0.3) is 0 Å². The lowest BCUT2D eigenvalue weighted by atomic mass is 10.1. The zero-order valence-corrected chi connectivity index (χ0v) is 11.1. The molecule has 1 unspecified atom stereocenters. The molecule has 0 bridgehead atoms. The van der Waals surface area contributed by atoms with Crippen molar-refractivity contribution in [2.75, 3.05) is 38.5 Å². The van der Waals surface area contributed by atoms with Crippen molar-refractivity contribution < 1.29 is 0 Å². The van der Waals surface area contributed by atoms with Gasteiger partial charge in [0.25, 0.3) is 0 Å². The van der Waals surface area contributed by atoms with Crippen LogP contribution < -0.4 is 5.32 Å². The van der Waals surface area contributed by atoms with E-state index in [-0.39, 0.29) is 0 Å². The number of pyridine rings is 1. The lowest BCUT2D eigenvalue weighted by Crippen LogP contribution is -2.49. The van der Waals surface area contributed by atoms with Crippen LogP contribution in [0.5, 0.6) is 0 Å². The van der Waals surface area contributed by atoms with Crippen LogP contribution in [0.3, 0.4) is 0 Å². The number of aromatic nitrogens is 1. The molecule has 1 aromatic heterocycles. The molecule has 0 spiro atoms. The average Bonchev–Trinajstić information content (AvgIpc) is 2.86. The molecule has 1 N–H and O–H groups in total. The van der Waals surface area contributed by atoms with Gasteiger partial charge in [-0.25, -0.2) is 0 Å². The Bertz CT molecular complexity index is 407. The first kappa shape index (κ1) is 11.9. The second-order valence-electron chi connectivity index (χ2n) is 5.35. The van der Waals surface area contributed by atoms with Gasteiger partial charge in [-0.1, -0.05) is 0 Å². The van der Waals surface area contributed by atoms with Crippen molar-refractivity contribution in [3.63, 3.8) is 0 Å². The summed E-state index contributed by atoms with van der Waals surface area (Å²) in [6.07, 6.45) is 4.65. The first-order valence-corrected chi connectivity index (χ1v) is 6.94. The summed E-state index contributed by atoms with van der Waals surface area (Å²) in [5, 5.41) is 3.17. The molecule has 4 heteroatoms. The molecule has 0 aliphatic carbocycles. The quantitative estimate of drug-likeness (QED) is 0.873. The van der Waals surface area contributed by atoms with E-state index in [1.54, 1.807) is 0 Å². The van der Waals surface area contributed by atoms with E-state index < -0.39 is 0 Å². The van der Waals surface area contributed by atoms with Gasteiger partial charge >= 0.3 is 0 Å². The van der Waals surface area contributed by atoms with Gasteiger partial charge in [-0.05, 0) is 31.5 Å². The summed E-state index contributed by atoms with van der Waals surface area (Å²) in [7, 11) is 1.95. The Kier molecular flexibility index (Phi) is 3.48. The van der Waals surface area contributed by atoms with Crippen molar-refractivity contribution in [2.45, 2.75) is 25.4 Å². The van der Waals surface area contributed by atoms with Gasteiger partial charge < -0.3 is 5.32 Å². The van der Waals surface area contributed by atoms with Crippen molar-refractivity contribution in [3.8, 4) is 0 Å². The number of rotatable bonds is 3. The molecule has 1 atom stereocenters. The predicted octanol–water partition coefficient (Wildman–Crippen LogP) is 1.40. The molecule has 4 nitrogen and oxygen atoms in total. The van der Waals surface area contributed by atoms with Gasteiger partial charge in [0.1, 0.15) is 0 Å². The standard InChI is InChI=1S/C14H22N4/c1-15-12-4-5-16-13(9-12)10-17-7-8-18-6-2-3-14(18)11-17/h4-5,9,14H,2-3,6-8,10-11H2,1H3,(H,15,16). The number of nitrogens with zero attached hydrogens (tertiary/aromatic N) is 3. The van der Waals surface area contributed by atoms with Crippen molar-refractivity contribution in [2.24, 2.45) is 0 Å². The monoisotopic (exact) mass is 246 g/mol. The maximum Gasteiger partial charge on any atom is 0.0564 e. The molecule has 1 aromatic rings. The summed E-state index contributed by atoms with van der Waals surface area (Å²) < 4.78 is 0. The summed E-state index contributed by atoms with van der Waals surface area (Å²) in [4.78, 5) is 9.67. The van der Waals surface area contributed by atoms with Gasteiger partial charge in [0.15, 0.2) is 0 Å². The molecule has 0 amide bonds. The van der Waals surface area contributed by atoms with Crippen molar-refractivity contribution in [1.29, 1.82) is 0 Å². The average molecular weight is 246 g/mol. The number of fused-ring (bicyclic) bond motifs is 1. The fourth-order valence-corrected chi connectivity index (χ4v) is 3.15. The van der Waals surface area contributed by atoms with Crippen molar-refractivity contribution in [1.82, 2.24) is 14.8 Å². The molecule has 2 saturated heterocycles. The fraction of sp³-hybridized carbons (Fsp3) is 0.643. The molecule has 0 radical (unpaired) electrons. The second kappa shape index (κ2) is 5.24. The summed E-state index contributed by atoms with van der Waals surface area (Å²) in [5.74, 6) is 0. The van der Waals surface area contributed by atoms with Gasteiger partial charge in [0.05, 0.1) is 5.69 Å². The Balaban J connectivity index is 1.62. The zero-order chi connectivity index (χ0) is 12.4. The minimum absolute atomic E-state index is 0.797. The number of piperazine rings is 1. The topological polar surface area (TPSA) is 31.4 Å². The van der Waals surface area contributed by atoms with Crippen molar-refractivity contribution >= 4 is 5.69 Å². The summed E-state index contributed by atoms with van der Waals surface area (Å²) in [6, 6.07) is 4.96. The summed E-state index contributed by atoms with van der Waals surface area (Å²) in [6.45, 7) is 5.93. The van der Waals surface area contributed by atoms with E-state index in [0.717, 1.165) is 18.3 Å². The number of hydrogen-bond acceptors (Lipinski definition) is 4. The van der Waals surface area contributed by atoms with E-state index in [9.17, 15) is 0 Å². The zero-order valence-electron chi connectivity index (χ0n) is 11.1. The highest BCUT2D eigenvalue weighted by Gasteiger charge is 2.30. The molecular weight excluding hydrogens is 224 g/mol. The molecular formula is C14H22N4. The van der Waals surface area contributed by atoms with Gasteiger partial charge in [-0.2, -0.15) is 0 Å². The minimum Gasteiger partial charge on any atom is -0.388 e. The predicted molar refractivity (Wildman–Crippen MR) is 73.7 cm³/mol. The van der Waals surface area contributed by atoms with Crippen LogP contribution >= 0.6 is 0 Å². The van der Waals surface area contributed by atoms with E-state index in [1.165, 1.54) is 44.7 Å². The van der Waals surface area contributed by atoms with Crippen LogP contribution in [0, 0.1) is 0 Å². The Labute approximate surface area is 109 Å². The van der Waals surface area contributed by atoms with Crippen LogP contribution in [0.4, 0.5) is 5.69 Å². The molecule has 2 aliphatic heterocycles. The third-order valence-electron chi connectivity index (χ3n) is 4.16. The SMILES string of the molecule is CNc1ccnc(CN2CCN3CCCC3C2)c1. The molecule has 3 rings (SSSR count). The minimum atomic E-state index is 0.797. The van der Waals surface area contributed by atoms with Crippen LogP contribution in [0.2, 0.25) is 0 Å². The van der Waals surface area contributed by atoms with Crippen LogP contribution in [-0.2, 0) is 6.54 Å². The van der Waals surface area contributed by atoms with E-state index in [4.69, 9.17) is 0 Å². The highest BCUT2D eigenvalue weighted by molar-refractivity contribution is 5.42. The number of hydrogen-bond donors (Lipinski definition) is 1. The number of anilines is 1. The highest BCUT2D eigenvalue weighted by Crippen LogP contribution is 2.22. The molecule has 98 valence electrons. The maximum atomic E-state index is 4.47. The molecule has 2 fully saturated rings. The molecule has 2 aliphatic rings. The van der Waals surface area contributed by atoms with Gasteiger partial charge in [0.2, 0.25) is 0 Å². The normalized spacial score (nSPS) is 25.1. The molecule has 0 saturated carbocycles. The summed E-state index contributed by atoms with van der Waals surface area (Å²) >= 11 is 0. The summed E-state index contributed by atoms with van der Waals surface area (Å²) in [5.41, 5.74) is 2.33. The fourth-order valence-electron chi connectivity index (χ4n) is 3.15. The Hall–Kier alpha value is -1.13. The molecule has 3 heterocycles. The molecule has 0 aromatic carbocycles.